The summed E-state index contributed by atoms with van der Waals surface area (Å²) in [6.45, 7) is 0.139. The molecule has 0 aliphatic rings. The summed E-state index contributed by atoms with van der Waals surface area (Å²) in [4.78, 5) is 12.5. The molecule has 2 N–H and O–H groups in total. The lowest BCUT2D eigenvalue weighted by molar-refractivity contribution is -0.209. The Bertz CT molecular complexity index is 434. The highest BCUT2D eigenvalue weighted by molar-refractivity contribution is 5.80. The second-order valence-corrected chi connectivity index (χ2v) is 4.44. The Balaban J connectivity index is 2.84. The molecule has 4 nitrogen and oxygen atoms in total. The zero-order valence-electron chi connectivity index (χ0n) is 10.8. The van der Waals surface area contributed by atoms with E-state index in [1.165, 1.54) is 6.92 Å². The maximum atomic E-state index is 12.4. The van der Waals surface area contributed by atoms with E-state index in [1.54, 1.807) is 30.3 Å². The minimum absolute atomic E-state index is 0.113. The van der Waals surface area contributed by atoms with Crippen molar-refractivity contribution in [2.75, 3.05) is 6.54 Å². The first kappa shape index (κ1) is 16.5. The molecule has 1 rings (SSSR count). The molecule has 2 atom stereocenters. The highest BCUT2D eigenvalue weighted by Crippen LogP contribution is 2.21. The molecule has 0 unspecified atom stereocenters. The predicted molar refractivity (Wildman–Crippen MR) is 65.6 cm³/mol. The van der Waals surface area contributed by atoms with E-state index in [0.29, 0.717) is 5.56 Å². The van der Waals surface area contributed by atoms with Crippen molar-refractivity contribution in [2.24, 2.45) is 0 Å². The fraction of sp³-hybridized carbons (Fsp3) is 0.462. The van der Waals surface area contributed by atoms with Crippen LogP contribution in [0.3, 0.4) is 0 Å². The number of hydrogen-bond donors (Lipinski definition) is 2. The van der Waals surface area contributed by atoms with Crippen molar-refractivity contribution in [3.05, 3.63) is 35.9 Å². The highest BCUT2D eigenvalue weighted by atomic mass is 19.4. The van der Waals surface area contributed by atoms with E-state index in [0.717, 1.165) is 4.90 Å². The van der Waals surface area contributed by atoms with E-state index in [-0.39, 0.29) is 6.54 Å². The first-order valence-corrected chi connectivity index (χ1v) is 5.97. The van der Waals surface area contributed by atoms with Gasteiger partial charge in [-0.05, 0) is 12.5 Å². The molecule has 1 aromatic carbocycles. The molecule has 0 spiro atoms. The van der Waals surface area contributed by atoms with Crippen LogP contribution in [0.2, 0.25) is 0 Å². The molecule has 0 bridgehead atoms. The topological polar surface area (TPSA) is 60.8 Å². The van der Waals surface area contributed by atoms with E-state index in [9.17, 15) is 23.1 Å². The van der Waals surface area contributed by atoms with Crippen molar-refractivity contribution in [2.45, 2.75) is 31.9 Å². The number of nitrogens with zero attached hydrogens (tertiary/aromatic N) is 1. The van der Waals surface area contributed by atoms with Gasteiger partial charge in [-0.25, -0.2) is 0 Å². The number of alkyl halides is 3. The average molecular weight is 291 g/mol. The van der Waals surface area contributed by atoms with Gasteiger partial charge in [0, 0.05) is 6.54 Å². The molecule has 0 saturated carbocycles. The van der Waals surface area contributed by atoms with E-state index >= 15 is 0 Å². The van der Waals surface area contributed by atoms with Gasteiger partial charge >= 0.3 is 6.18 Å². The van der Waals surface area contributed by atoms with Crippen LogP contribution in [0.1, 0.15) is 12.5 Å². The molecule has 0 aliphatic heterocycles. The third-order valence-corrected chi connectivity index (χ3v) is 2.66. The molecule has 0 radical (unpaired) electrons. The lowest BCUT2D eigenvalue weighted by atomic mass is 10.2. The monoisotopic (exact) mass is 291 g/mol. The second-order valence-electron chi connectivity index (χ2n) is 4.44. The molecule has 0 aromatic heterocycles. The molecular weight excluding hydrogens is 275 g/mol. The minimum atomic E-state index is -4.81. The Morgan fingerprint density at radius 3 is 2.25 bits per heavy atom. The van der Waals surface area contributed by atoms with Crippen LogP contribution in [-0.4, -0.2) is 45.9 Å². The maximum Gasteiger partial charge on any atom is 0.416 e. The van der Waals surface area contributed by atoms with Crippen LogP contribution in [0, 0.1) is 0 Å². The fourth-order valence-electron chi connectivity index (χ4n) is 1.61. The lowest BCUT2D eigenvalue weighted by Crippen LogP contribution is -2.46. The first-order chi connectivity index (χ1) is 9.21. The number of amides is 1. The Morgan fingerprint density at radius 1 is 1.25 bits per heavy atom. The van der Waals surface area contributed by atoms with Crippen molar-refractivity contribution in [1.29, 1.82) is 0 Å². The molecule has 1 aromatic rings. The molecular formula is C13H16F3NO3. The lowest BCUT2D eigenvalue weighted by Gasteiger charge is -2.27. The fourth-order valence-corrected chi connectivity index (χ4v) is 1.61. The summed E-state index contributed by atoms with van der Waals surface area (Å²) in [5.41, 5.74) is 0.607. The van der Waals surface area contributed by atoms with Crippen molar-refractivity contribution in [1.82, 2.24) is 4.90 Å². The summed E-state index contributed by atoms with van der Waals surface area (Å²) in [5.74, 6) is -0.864. The van der Waals surface area contributed by atoms with Gasteiger partial charge in [-0.15, -0.1) is 0 Å². The van der Waals surface area contributed by atoms with Crippen molar-refractivity contribution in [3.8, 4) is 0 Å². The number of halogens is 3. The number of carbonyl (C=O) groups excluding carboxylic acids is 1. The van der Waals surface area contributed by atoms with Gasteiger partial charge in [0.25, 0.3) is 5.91 Å². The Morgan fingerprint density at radius 2 is 1.80 bits per heavy atom. The molecule has 0 aliphatic carbocycles. The second kappa shape index (κ2) is 6.71. The molecule has 0 saturated heterocycles. The third kappa shape index (κ3) is 4.82. The number of rotatable bonds is 5. The van der Waals surface area contributed by atoms with Crippen LogP contribution in [0.25, 0.3) is 0 Å². The van der Waals surface area contributed by atoms with Gasteiger partial charge in [-0.1, -0.05) is 30.3 Å². The molecule has 20 heavy (non-hydrogen) atoms. The van der Waals surface area contributed by atoms with Crippen LogP contribution in [-0.2, 0) is 11.3 Å². The van der Waals surface area contributed by atoms with Gasteiger partial charge in [0.1, 0.15) is 6.10 Å². The summed E-state index contributed by atoms with van der Waals surface area (Å²) in [6, 6.07) is 8.38. The standard InChI is InChI=1S/C13H16F3NO3/c1-9(18)12(20)17(8-11(19)13(14,15)16)7-10-5-3-2-4-6-10/h2-6,9,11,18-19H,7-8H2,1H3/t9-,11+/m0/s1. The summed E-state index contributed by atoms with van der Waals surface area (Å²) in [7, 11) is 0. The molecule has 112 valence electrons. The summed E-state index contributed by atoms with van der Waals surface area (Å²) >= 11 is 0. The van der Waals surface area contributed by atoms with Crippen LogP contribution in [0.5, 0.6) is 0 Å². The van der Waals surface area contributed by atoms with Gasteiger partial charge in [-0.2, -0.15) is 13.2 Å². The summed E-state index contributed by atoms with van der Waals surface area (Å²) in [6.07, 6.45) is -8.89. The van der Waals surface area contributed by atoms with Crippen LogP contribution in [0.4, 0.5) is 13.2 Å². The van der Waals surface area contributed by atoms with E-state index in [1.807, 2.05) is 0 Å². The largest absolute Gasteiger partial charge is 0.416 e. The van der Waals surface area contributed by atoms with E-state index < -0.39 is 30.8 Å². The number of aliphatic hydroxyl groups is 2. The van der Waals surface area contributed by atoms with Crippen LogP contribution in [0.15, 0.2) is 30.3 Å². The third-order valence-electron chi connectivity index (χ3n) is 2.66. The Kier molecular flexibility index (Phi) is 5.52. The Hall–Kier alpha value is -1.60. The number of hydrogen-bond acceptors (Lipinski definition) is 3. The van der Waals surface area contributed by atoms with Gasteiger partial charge in [0.05, 0.1) is 6.54 Å². The SMILES string of the molecule is C[C@H](O)C(=O)N(Cc1ccccc1)C[C@@H](O)C(F)(F)F. The van der Waals surface area contributed by atoms with Crippen molar-refractivity contribution in [3.63, 3.8) is 0 Å². The molecule has 0 heterocycles. The smallest absolute Gasteiger partial charge is 0.384 e. The normalized spacial score (nSPS) is 14.7. The summed E-state index contributed by atoms with van der Waals surface area (Å²) in [5, 5.41) is 18.3. The minimum Gasteiger partial charge on any atom is -0.384 e. The molecule has 1 amide bonds. The van der Waals surface area contributed by atoms with Gasteiger partial charge < -0.3 is 15.1 Å². The summed E-state index contributed by atoms with van der Waals surface area (Å²) < 4.78 is 37.1. The van der Waals surface area contributed by atoms with Crippen molar-refractivity contribution >= 4 is 5.91 Å². The van der Waals surface area contributed by atoms with Gasteiger partial charge in [0.15, 0.2) is 6.10 Å². The quantitative estimate of drug-likeness (QED) is 0.860. The number of carbonyl (C=O) groups is 1. The highest BCUT2D eigenvalue weighted by Gasteiger charge is 2.40. The zero-order chi connectivity index (χ0) is 15.3. The predicted octanol–water partition coefficient (Wildman–Crippen LogP) is 1.32. The van der Waals surface area contributed by atoms with E-state index in [2.05, 4.69) is 0 Å². The van der Waals surface area contributed by atoms with Crippen LogP contribution < -0.4 is 0 Å². The van der Waals surface area contributed by atoms with Crippen molar-refractivity contribution < 1.29 is 28.2 Å². The van der Waals surface area contributed by atoms with Crippen LogP contribution >= 0.6 is 0 Å². The van der Waals surface area contributed by atoms with Gasteiger partial charge in [0.2, 0.25) is 0 Å². The van der Waals surface area contributed by atoms with Gasteiger partial charge in [-0.3, -0.25) is 4.79 Å². The molecule has 0 fully saturated rings. The van der Waals surface area contributed by atoms with E-state index in [4.69, 9.17) is 5.11 Å². The first-order valence-electron chi connectivity index (χ1n) is 5.97. The number of benzene rings is 1. The Labute approximate surface area is 114 Å². The average Bonchev–Trinajstić information content (AvgIpc) is 2.37. The zero-order valence-corrected chi connectivity index (χ0v) is 10.8. The molecule has 7 heteroatoms. The maximum absolute atomic E-state index is 12.4. The number of aliphatic hydroxyl groups excluding tert-OH is 2.